The molecule has 0 bridgehead atoms. The molecule has 96 valence electrons. The van der Waals surface area contributed by atoms with Crippen molar-refractivity contribution in [3.63, 3.8) is 0 Å². The molecule has 1 unspecified atom stereocenters. The molecule has 2 aromatic heterocycles. The highest BCUT2D eigenvalue weighted by Gasteiger charge is 2.18. The fourth-order valence-corrected chi connectivity index (χ4v) is 2.10. The van der Waals surface area contributed by atoms with Gasteiger partial charge in [-0.3, -0.25) is 9.78 Å². The van der Waals surface area contributed by atoms with Crippen LogP contribution in [0.1, 0.15) is 17.2 Å². The monoisotopic (exact) mass is 254 g/mol. The SMILES string of the molecule is Cn1cc(C(O)c2cn[nH]c2-c2ccccc2)cn1. The molecule has 1 atom stereocenters. The Hall–Kier alpha value is -2.40. The van der Waals surface area contributed by atoms with Crippen LogP contribution in [-0.4, -0.2) is 25.1 Å². The van der Waals surface area contributed by atoms with E-state index in [2.05, 4.69) is 15.3 Å². The number of aromatic nitrogens is 4. The highest BCUT2D eigenvalue weighted by atomic mass is 16.3. The minimum absolute atomic E-state index is 0.734. The van der Waals surface area contributed by atoms with Crippen molar-refractivity contribution in [2.45, 2.75) is 6.10 Å². The van der Waals surface area contributed by atoms with Crippen molar-refractivity contribution >= 4 is 0 Å². The van der Waals surface area contributed by atoms with Gasteiger partial charge in [-0.25, -0.2) is 0 Å². The lowest BCUT2D eigenvalue weighted by Gasteiger charge is -2.09. The number of H-pyrrole nitrogens is 1. The van der Waals surface area contributed by atoms with Gasteiger partial charge in [0.25, 0.3) is 0 Å². The third-order valence-electron chi connectivity index (χ3n) is 3.07. The molecular weight excluding hydrogens is 240 g/mol. The van der Waals surface area contributed by atoms with Gasteiger partial charge in [0.1, 0.15) is 6.10 Å². The molecule has 0 radical (unpaired) electrons. The molecule has 0 aliphatic rings. The van der Waals surface area contributed by atoms with Gasteiger partial charge in [-0.1, -0.05) is 30.3 Å². The number of nitrogens with one attached hydrogen (secondary N) is 1. The van der Waals surface area contributed by atoms with Gasteiger partial charge in [0.2, 0.25) is 0 Å². The van der Waals surface area contributed by atoms with Crippen LogP contribution < -0.4 is 0 Å². The highest BCUT2D eigenvalue weighted by Crippen LogP contribution is 2.29. The Morgan fingerprint density at radius 1 is 1.21 bits per heavy atom. The number of rotatable bonds is 3. The lowest BCUT2D eigenvalue weighted by atomic mass is 10.0. The normalized spacial score (nSPS) is 12.5. The number of aliphatic hydroxyl groups is 1. The summed E-state index contributed by atoms with van der Waals surface area (Å²) in [7, 11) is 1.82. The average Bonchev–Trinajstić information content (AvgIpc) is 3.07. The summed E-state index contributed by atoms with van der Waals surface area (Å²) in [5.41, 5.74) is 3.33. The number of aryl methyl sites for hydroxylation is 1. The molecule has 2 N–H and O–H groups in total. The summed E-state index contributed by atoms with van der Waals surface area (Å²) in [5.74, 6) is 0. The third kappa shape index (κ3) is 2.15. The van der Waals surface area contributed by atoms with E-state index in [0.717, 1.165) is 22.4 Å². The molecule has 0 saturated carbocycles. The quantitative estimate of drug-likeness (QED) is 0.750. The molecule has 1 aromatic carbocycles. The standard InChI is InChI=1S/C14H14N4O/c1-18-9-11(7-16-18)14(19)12-8-15-17-13(12)10-5-3-2-4-6-10/h2-9,14,19H,1H3,(H,15,17). The van der Waals surface area contributed by atoms with Crippen LogP contribution in [0.5, 0.6) is 0 Å². The van der Waals surface area contributed by atoms with Gasteiger partial charge in [0.15, 0.2) is 0 Å². The second-order valence-electron chi connectivity index (χ2n) is 4.42. The maximum atomic E-state index is 10.4. The predicted molar refractivity (Wildman–Crippen MR) is 71.3 cm³/mol. The molecule has 5 nitrogen and oxygen atoms in total. The molecule has 2 heterocycles. The summed E-state index contributed by atoms with van der Waals surface area (Å²) in [6, 6.07) is 9.82. The Morgan fingerprint density at radius 2 is 2.00 bits per heavy atom. The van der Waals surface area contributed by atoms with Crippen molar-refractivity contribution in [1.29, 1.82) is 0 Å². The van der Waals surface area contributed by atoms with E-state index in [1.165, 1.54) is 0 Å². The maximum absolute atomic E-state index is 10.4. The molecule has 5 heteroatoms. The Morgan fingerprint density at radius 3 is 2.68 bits per heavy atom. The molecule has 3 rings (SSSR count). The first-order chi connectivity index (χ1) is 9.25. The molecule has 0 fully saturated rings. The van der Waals surface area contributed by atoms with Gasteiger partial charge in [0.05, 0.1) is 18.1 Å². The minimum atomic E-state index is -0.734. The number of hydrogen-bond acceptors (Lipinski definition) is 3. The van der Waals surface area contributed by atoms with E-state index >= 15 is 0 Å². The van der Waals surface area contributed by atoms with E-state index in [9.17, 15) is 5.11 Å². The van der Waals surface area contributed by atoms with Crippen molar-refractivity contribution in [2.24, 2.45) is 7.05 Å². The van der Waals surface area contributed by atoms with E-state index in [1.54, 1.807) is 23.3 Å². The fraction of sp³-hybridized carbons (Fsp3) is 0.143. The van der Waals surface area contributed by atoms with Crippen molar-refractivity contribution in [3.8, 4) is 11.3 Å². The molecule has 0 saturated heterocycles. The number of aromatic amines is 1. The zero-order valence-electron chi connectivity index (χ0n) is 10.5. The van der Waals surface area contributed by atoms with Crippen LogP contribution in [0.3, 0.4) is 0 Å². The van der Waals surface area contributed by atoms with Crippen LogP contribution in [0, 0.1) is 0 Å². The summed E-state index contributed by atoms with van der Waals surface area (Å²) >= 11 is 0. The van der Waals surface area contributed by atoms with E-state index in [4.69, 9.17) is 0 Å². The van der Waals surface area contributed by atoms with Crippen LogP contribution in [0.2, 0.25) is 0 Å². The predicted octanol–water partition coefficient (Wildman–Crippen LogP) is 1.89. The second-order valence-corrected chi connectivity index (χ2v) is 4.42. The largest absolute Gasteiger partial charge is 0.383 e. The lowest BCUT2D eigenvalue weighted by Crippen LogP contribution is -1.99. The molecule has 0 aliphatic heterocycles. The van der Waals surface area contributed by atoms with Gasteiger partial charge in [-0.15, -0.1) is 0 Å². The summed E-state index contributed by atoms with van der Waals surface area (Å²) < 4.78 is 1.67. The van der Waals surface area contributed by atoms with E-state index in [0.29, 0.717) is 0 Å². The van der Waals surface area contributed by atoms with Crippen LogP contribution in [-0.2, 0) is 7.05 Å². The Balaban J connectivity index is 2.01. The molecule has 3 aromatic rings. The Kier molecular flexibility index (Phi) is 2.89. The Bertz CT molecular complexity index is 672. The van der Waals surface area contributed by atoms with Crippen LogP contribution >= 0.6 is 0 Å². The molecule has 0 aliphatic carbocycles. The first-order valence-electron chi connectivity index (χ1n) is 6.01. The van der Waals surface area contributed by atoms with Gasteiger partial charge < -0.3 is 5.11 Å². The maximum Gasteiger partial charge on any atom is 0.111 e. The topological polar surface area (TPSA) is 66.7 Å². The number of nitrogens with zero attached hydrogens (tertiary/aromatic N) is 3. The average molecular weight is 254 g/mol. The van der Waals surface area contributed by atoms with E-state index < -0.39 is 6.10 Å². The van der Waals surface area contributed by atoms with Crippen molar-refractivity contribution < 1.29 is 5.11 Å². The fourth-order valence-electron chi connectivity index (χ4n) is 2.10. The van der Waals surface area contributed by atoms with Crippen molar-refractivity contribution in [3.05, 3.63) is 60.0 Å². The molecular formula is C14H14N4O. The molecule has 19 heavy (non-hydrogen) atoms. The van der Waals surface area contributed by atoms with Crippen LogP contribution in [0.4, 0.5) is 0 Å². The number of benzene rings is 1. The smallest absolute Gasteiger partial charge is 0.111 e. The van der Waals surface area contributed by atoms with Gasteiger partial charge in [0, 0.05) is 24.4 Å². The second kappa shape index (κ2) is 4.70. The first-order valence-corrected chi connectivity index (χ1v) is 6.01. The van der Waals surface area contributed by atoms with Crippen LogP contribution in [0.15, 0.2) is 48.9 Å². The van der Waals surface area contributed by atoms with Gasteiger partial charge in [-0.05, 0) is 5.56 Å². The molecule has 0 spiro atoms. The van der Waals surface area contributed by atoms with Gasteiger partial charge in [-0.2, -0.15) is 10.2 Å². The van der Waals surface area contributed by atoms with Crippen molar-refractivity contribution in [2.75, 3.05) is 0 Å². The summed E-state index contributed by atoms with van der Waals surface area (Å²) in [5, 5.41) is 21.5. The molecule has 0 amide bonds. The lowest BCUT2D eigenvalue weighted by molar-refractivity contribution is 0.221. The van der Waals surface area contributed by atoms with Crippen molar-refractivity contribution in [1.82, 2.24) is 20.0 Å². The summed E-state index contributed by atoms with van der Waals surface area (Å²) in [4.78, 5) is 0. The van der Waals surface area contributed by atoms with Gasteiger partial charge >= 0.3 is 0 Å². The zero-order valence-corrected chi connectivity index (χ0v) is 10.5. The van der Waals surface area contributed by atoms with Crippen LogP contribution in [0.25, 0.3) is 11.3 Å². The highest BCUT2D eigenvalue weighted by molar-refractivity contribution is 5.63. The van der Waals surface area contributed by atoms with E-state index in [1.807, 2.05) is 37.4 Å². The summed E-state index contributed by atoms with van der Waals surface area (Å²) in [6.45, 7) is 0. The van der Waals surface area contributed by atoms with E-state index in [-0.39, 0.29) is 0 Å². The number of hydrogen-bond donors (Lipinski definition) is 2. The number of aliphatic hydroxyl groups excluding tert-OH is 1. The zero-order chi connectivity index (χ0) is 13.2. The third-order valence-corrected chi connectivity index (χ3v) is 3.07. The first kappa shape index (κ1) is 11.7. The minimum Gasteiger partial charge on any atom is -0.383 e. The summed E-state index contributed by atoms with van der Waals surface area (Å²) in [6.07, 6.45) is 4.38. The Labute approximate surface area is 110 Å².